The van der Waals surface area contributed by atoms with Crippen LogP contribution in [0.15, 0.2) is 24.3 Å². The molecule has 0 saturated heterocycles. The van der Waals surface area contributed by atoms with Crippen LogP contribution in [0.4, 0.5) is 0 Å². The summed E-state index contributed by atoms with van der Waals surface area (Å²) in [5.74, 6) is 0. The molecule has 0 bridgehead atoms. The monoisotopic (exact) mass is 189 g/mol. The molecule has 76 valence electrons. The maximum Gasteiger partial charge on any atom is 0.0323 e. The molecule has 1 aliphatic heterocycles. The number of rotatable bonds is 3. The first-order valence-corrected chi connectivity index (χ1v) is 5.73. The quantitative estimate of drug-likeness (QED) is 0.770. The smallest absolute Gasteiger partial charge is 0.0323 e. The molecular weight excluding hydrogens is 170 g/mol. The summed E-state index contributed by atoms with van der Waals surface area (Å²) in [4.78, 5) is 0. The molecule has 2 rings (SSSR count). The Morgan fingerprint density at radius 2 is 2.21 bits per heavy atom. The third-order valence-electron chi connectivity index (χ3n) is 3.06. The average Bonchev–Trinajstić information content (AvgIpc) is 2.26. The molecule has 1 heterocycles. The normalized spacial score (nSPS) is 20.5. The second kappa shape index (κ2) is 4.61. The maximum atomic E-state index is 3.61. The molecule has 0 spiro atoms. The molecule has 1 atom stereocenters. The summed E-state index contributed by atoms with van der Waals surface area (Å²) >= 11 is 0. The molecule has 1 N–H and O–H groups in total. The van der Waals surface area contributed by atoms with Gasteiger partial charge in [-0.25, -0.2) is 0 Å². The molecule has 1 heteroatoms. The molecule has 1 aliphatic rings. The van der Waals surface area contributed by atoms with Crippen LogP contribution in [0.2, 0.25) is 0 Å². The van der Waals surface area contributed by atoms with E-state index in [2.05, 4.69) is 36.5 Å². The van der Waals surface area contributed by atoms with Gasteiger partial charge in [0.15, 0.2) is 0 Å². The molecule has 0 unspecified atom stereocenters. The summed E-state index contributed by atoms with van der Waals surface area (Å²) in [6, 6.07) is 9.47. The lowest BCUT2D eigenvalue weighted by atomic mass is 9.91. The standard InChI is InChI=1S/C13H19N/c1-2-3-8-13-12-7-5-4-6-11(12)9-10-14-13/h4-7,13-14H,2-3,8-10H2,1H3/t13-/m1/s1. The highest BCUT2D eigenvalue weighted by Crippen LogP contribution is 2.26. The zero-order valence-electron chi connectivity index (χ0n) is 8.92. The second-order valence-electron chi connectivity index (χ2n) is 4.10. The molecule has 1 nitrogen and oxygen atoms in total. The molecule has 0 aliphatic carbocycles. The van der Waals surface area contributed by atoms with Gasteiger partial charge in [-0.05, 0) is 30.5 Å². The lowest BCUT2D eigenvalue weighted by molar-refractivity contribution is 0.460. The highest BCUT2D eigenvalue weighted by atomic mass is 14.9. The van der Waals surface area contributed by atoms with Gasteiger partial charge in [0.1, 0.15) is 0 Å². The topological polar surface area (TPSA) is 12.0 Å². The van der Waals surface area contributed by atoms with Crippen molar-refractivity contribution in [1.82, 2.24) is 5.32 Å². The molecule has 0 saturated carbocycles. The van der Waals surface area contributed by atoms with Crippen LogP contribution in [0.5, 0.6) is 0 Å². The molecule has 0 radical (unpaired) electrons. The van der Waals surface area contributed by atoms with Gasteiger partial charge in [-0.1, -0.05) is 44.0 Å². The Hall–Kier alpha value is -0.820. The van der Waals surface area contributed by atoms with Gasteiger partial charge in [-0.3, -0.25) is 0 Å². The van der Waals surface area contributed by atoms with E-state index < -0.39 is 0 Å². The zero-order valence-corrected chi connectivity index (χ0v) is 8.92. The number of benzene rings is 1. The van der Waals surface area contributed by atoms with Crippen molar-refractivity contribution in [2.75, 3.05) is 6.54 Å². The summed E-state index contributed by atoms with van der Waals surface area (Å²) in [5.41, 5.74) is 3.08. The van der Waals surface area contributed by atoms with Crippen LogP contribution in [0.3, 0.4) is 0 Å². The summed E-state index contributed by atoms with van der Waals surface area (Å²) in [6.45, 7) is 3.40. The Kier molecular flexibility index (Phi) is 3.20. The Bertz CT molecular complexity index is 293. The lowest BCUT2D eigenvalue weighted by Gasteiger charge is -2.26. The number of fused-ring (bicyclic) bond motifs is 1. The predicted molar refractivity (Wildman–Crippen MR) is 60.4 cm³/mol. The van der Waals surface area contributed by atoms with Crippen LogP contribution in [-0.4, -0.2) is 6.54 Å². The molecule has 1 aromatic rings. The van der Waals surface area contributed by atoms with Crippen molar-refractivity contribution in [3.8, 4) is 0 Å². The third-order valence-corrected chi connectivity index (χ3v) is 3.06. The van der Waals surface area contributed by atoms with E-state index in [9.17, 15) is 0 Å². The minimum absolute atomic E-state index is 0.611. The molecule has 1 aromatic carbocycles. The number of hydrogen-bond donors (Lipinski definition) is 1. The van der Waals surface area contributed by atoms with Crippen molar-refractivity contribution >= 4 is 0 Å². The van der Waals surface area contributed by atoms with Crippen LogP contribution in [0.25, 0.3) is 0 Å². The summed E-state index contributed by atoms with van der Waals surface area (Å²) in [7, 11) is 0. The van der Waals surface area contributed by atoms with E-state index in [1.54, 1.807) is 5.56 Å². The van der Waals surface area contributed by atoms with Gasteiger partial charge in [-0.2, -0.15) is 0 Å². The van der Waals surface area contributed by atoms with Crippen molar-refractivity contribution in [3.05, 3.63) is 35.4 Å². The highest BCUT2D eigenvalue weighted by molar-refractivity contribution is 5.32. The summed E-state index contributed by atoms with van der Waals surface area (Å²) < 4.78 is 0. The van der Waals surface area contributed by atoms with E-state index in [0.717, 1.165) is 6.54 Å². The largest absolute Gasteiger partial charge is 0.310 e. The van der Waals surface area contributed by atoms with Crippen molar-refractivity contribution in [3.63, 3.8) is 0 Å². The van der Waals surface area contributed by atoms with Gasteiger partial charge in [0.2, 0.25) is 0 Å². The Balaban J connectivity index is 2.14. The predicted octanol–water partition coefficient (Wildman–Crippen LogP) is 3.06. The first-order chi connectivity index (χ1) is 6.92. The van der Waals surface area contributed by atoms with Crippen LogP contribution < -0.4 is 5.32 Å². The Morgan fingerprint density at radius 1 is 1.36 bits per heavy atom. The fourth-order valence-electron chi connectivity index (χ4n) is 2.26. The first-order valence-electron chi connectivity index (χ1n) is 5.73. The minimum atomic E-state index is 0.611. The lowest BCUT2D eigenvalue weighted by Crippen LogP contribution is -2.29. The van der Waals surface area contributed by atoms with Gasteiger partial charge < -0.3 is 5.32 Å². The van der Waals surface area contributed by atoms with Gasteiger partial charge in [0.25, 0.3) is 0 Å². The molecule has 0 amide bonds. The van der Waals surface area contributed by atoms with Gasteiger partial charge >= 0.3 is 0 Å². The fraction of sp³-hybridized carbons (Fsp3) is 0.538. The molecule has 0 fully saturated rings. The van der Waals surface area contributed by atoms with Gasteiger partial charge in [-0.15, -0.1) is 0 Å². The third kappa shape index (κ3) is 1.98. The van der Waals surface area contributed by atoms with Crippen LogP contribution in [-0.2, 0) is 6.42 Å². The van der Waals surface area contributed by atoms with Crippen molar-refractivity contribution in [2.45, 2.75) is 38.6 Å². The molecule has 14 heavy (non-hydrogen) atoms. The van der Waals surface area contributed by atoms with Crippen LogP contribution in [0.1, 0.15) is 43.4 Å². The Morgan fingerprint density at radius 3 is 3.07 bits per heavy atom. The van der Waals surface area contributed by atoms with Gasteiger partial charge in [0, 0.05) is 6.04 Å². The van der Waals surface area contributed by atoms with E-state index in [0.29, 0.717) is 6.04 Å². The molecular formula is C13H19N. The number of hydrogen-bond acceptors (Lipinski definition) is 1. The van der Waals surface area contributed by atoms with E-state index in [1.165, 1.54) is 31.2 Å². The van der Waals surface area contributed by atoms with Crippen LogP contribution in [0, 0.1) is 0 Å². The highest BCUT2D eigenvalue weighted by Gasteiger charge is 2.17. The summed E-state index contributed by atoms with van der Waals surface area (Å²) in [5, 5.41) is 3.61. The number of nitrogens with one attached hydrogen (secondary N) is 1. The molecule has 0 aromatic heterocycles. The van der Waals surface area contributed by atoms with Crippen molar-refractivity contribution in [1.29, 1.82) is 0 Å². The zero-order chi connectivity index (χ0) is 9.80. The fourth-order valence-corrected chi connectivity index (χ4v) is 2.26. The first kappa shape index (κ1) is 9.72. The van der Waals surface area contributed by atoms with E-state index in [4.69, 9.17) is 0 Å². The van der Waals surface area contributed by atoms with Gasteiger partial charge in [0.05, 0.1) is 0 Å². The van der Waals surface area contributed by atoms with Crippen molar-refractivity contribution < 1.29 is 0 Å². The van der Waals surface area contributed by atoms with E-state index in [-0.39, 0.29) is 0 Å². The van der Waals surface area contributed by atoms with Crippen molar-refractivity contribution in [2.24, 2.45) is 0 Å². The van der Waals surface area contributed by atoms with E-state index >= 15 is 0 Å². The Labute approximate surface area is 86.5 Å². The van der Waals surface area contributed by atoms with E-state index in [1.807, 2.05) is 0 Å². The maximum absolute atomic E-state index is 3.61. The average molecular weight is 189 g/mol. The summed E-state index contributed by atoms with van der Waals surface area (Å²) in [6.07, 6.45) is 5.10. The minimum Gasteiger partial charge on any atom is -0.310 e. The van der Waals surface area contributed by atoms with Crippen LogP contribution >= 0.6 is 0 Å². The number of unbranched alkanes of at least 4 members (excludes halogenated alkanes) is 1. The SMILES string of the molecule is CCCC[C@H]1NCCc2ccccc21. The second-order valence-corrected chi connectivity index (χ2v) is 4.10.